The maximum Gasteiger partial charge on any atom is 0.335 e. The quantitative estimate of drug-likeness (QED) is 0.468. The van der Waals surface area contributed by atoms with Crippen LogP contribution in [0.25, 0.3) is 0 Å². The number of hydrogen-bond acceptors (Lipinski definition) is 6. The predicted molar refractivity (Wildman–Crippen MR) is 79.1 cm³/mol. The first-order chi connectivity index (χ1) is 10.9. The van der Waals surface area contributed by atoms with Crippen molar-refractivity contribution in [3.05, 3.63) is 58.1 Å². The number of aromatic carboxylic acids is 1. The van der Waals surface area contributed by atoms with Crippen molar-refractivity contribution in [3.8, 4) is 11.5 Å². The van der Waals surface area contributed by atoms with Crippen LogP contribution in [0.3, 0.4) is 0 Å². The van der Waals surface area contributed by atoms with Crippen LogP contribution in [0, 0.1) is 10.1 Å². The van der Waals surface area contributed by atoms with E-state index in [-0.39, 0.29) is 28.4 Å². The number of carboxylic acids is 1. The van der Waals surface area contributed by atoms with E-state index in [2.05, 4.69) is 0 Å². The molecule has 0 saturated carbocycles. The number of non-ortho nitro benzene ring substituents is 1. The van der Waals surface area contributed by atoms with Gasteiger partial charge in [0.1, 0.15) is 5.75 Å². The molecular formula is C13H9N2O7S-. The average molecular weight is 337 g/mol. The van der Waals surface area contributed by atoms with Crippen molar-refractivity contribution in [1.82, 2.24) is 0 Å². The predicted octanol–water partition coefficient (Wildman–Crippen LogP) is 2.29. The highest BCUT2D eigenvalue weighted by atomic mass is 32.2. The Morgan fingerprint density at radius 3 is 2.61 bits per heavy atom. The van der Waals surface area contributed by atoms with E-state index < -0.39 is 22.2 Å². The van der Waals surface area contributed by atoms with Gasteiger partial charge in [0.05, 0.1) is 22.2 Å². The Labute approximate surface area is 132 Å². The Kier molecular flexibility index (Phi) is 4.88. The fourth-order valence-corrected chi connectivity index (χ4v) is 2.05. The van der Waals surface area contributed by atoms with Gasteiger partial charge in [-0.2, -0.15) is 0 Å². The highest BCUT2D eigenvalue weighted by Crippen LogP contribution is 2.32. The standard InChI is InChI=1S/C13H10N2O7S/c16-13(17)8-4-5-12(11(6-8)14-23(20)21)22-10-3-1-2-9(7-10)15(18)19/h1-7,14H,(H,16,17)(H,20,21)/p-1. The number of carboxylic acid groups (broad SMARTS) is 1. The second-order valence-corrected chi connectivity index (χ2v) is 4.88. The topological polar surface area (TPSA) is 142 Å². The largest absolute Gasteiger partial charge is 0.755 e. The summed E-state index contributed by atoms with van der Waals surface area (Å²) in [6.07, 6.45) is 0. The van der Waals surface area contributed by atoms with Crippen LogP contribution in [0.15, 0.2) is 42.5 Å². The molecule has 2 aromatic carbocycles. The molecule has 0 aromatic heterocycles. The van der Waals surface area contributed by atoms with Gasteiger partial charge in [-0.25, -0.2) is 4.79 Å². The van der Waals surface area contributed by atoms with Crippen molar-refractivity contribution in [3.63, 3.8) is 0 Å². The third-order valence-electron chi connectivity index (χ3n) is 2.68. The van der Waals surface area contributed by atoms with E-state index in [4.69, 9.17) is 9.84 Å². The third kappa shape index (κ3) is 4.25. The van der Waals surface area contributed by atoms with E-state index in [0.717, 1.165) is 12.1 Å². The molecule has 2 aromatic rings. The third-order valence-corrected chi connectivity index (χ3v) is 3.06. The molecule has 0 bridgehead atoms. The summed E-state index contributed by atoms with van der Waals surface area (Å²) in [5, 5.41) is 19.7. The molecule has 120 valence electrons. The van der Waals surface area contributed by atoms with Crippen LogP contribution in [0.4, 0.5) is 11.4 Å². The van der Waals surface area contributed by atoms with E-state index in [1.807, 2.05) is 4.72 Å². The van der Waals surface area contributed by atoms with Crippen molar-refractivity contribution in [1.29, 1.82) is 0 Å². The number of nitrogens with one attached hydrogen (secondary N) is 1. The summed E-state index contributed by atoms with van der Waals surface area (Å²) < 4.78 is 29.0. The molecule has 9 nitrogen and oxygen atoms in total. The molecule has 0 saturated heterocycles. The maximum atomic E-state index is 10.9. The summed E-state index contributed by atoms with van der Waals surface area (Å²) in [6.45, 7) is 0. The summed E-state index contributed by atoms with van der Waals surface area (Å²) in [5.74, 6) is -1.15. The smallest absolute Gasteiger partial charge is 0.335 e. The van der Waals surface area contributed by atoms with Crippen LogP contribution in [-0.4, -0.2) is 24.8 Å². The fraction of sp³-hybridized carbons (Fsp3) is 0. The number of hydrogen-bond donors (Lipinski definition) is 2. The second-order valence-electron chi connectivity index (χ2n) is 4.21. The number of nitrogens with zero attached hydrogens (tertiary/aromatic N) is 1. The summed E-state index contributed by atoms with van der Waals surface area (Å²) >= 11 is -2.70. The molecule has 2 rings (SSSR count). The minimum atomic E-state index is -2.70. The number of rotatable bonds is 6. The molecule has 1 atom stereocenters. The molecule has 2 N–H and O–H groups in total. The van der Waals surface area contributed by atoms with Crippen LogP contribution in [0.1, 0.15) is 10.4 Å². The average Bonchev–Trinajstić information content (AvgIpc) is 2.48. The Bertz CT molecular complexity index is 794. The van der Waals surface area contributed by atoms with Gasteiger partial charge in [0, 0.05) is 17.3 Å². The number of anilines is 1. The molecule has 0 aliphatic rings. The minimum absolute atomic E-state index is 0.000280. The van der Waals surface area contributed by atoms with E-state index in [1.165, 1.54) is 30.3 Å². The Hall–Kier alpha value is -2.98. The van der Waals surface area contributed by atoms with Crippen molar-refractivity contribution in [2.75, 3.05) is 4.72 Å². The molecule has 23 heavy (non-hydrogen) atoms. The molecular weight excluding hydrogens is 328 g/mol. The highest BCUT2D eigenvalue weighted by molar-refractivity contribution is 7.80. The van der Waals surface area contributed by atoms with Gasteiger partial charge in [0.15, 0.2) is 5.75 Å². The van der Waals surface area contributed by atoms with Crippen molar-refractivity contribution in [2.24, 2.45) is 0 Å². The number of benzene rings is 2. The summed E-state index contributed by atoms with van der Waals surface area (Å²) in [7, 11) is 0. The van der Waals surface area contributed by atoms with Crippen LogP contribution in [-0.2, 0) is 11.3 Å². The lowest BCUT2D eigenvalue weighted by atomic mass is 10.2. The Morgan fingerprint density at radius 1 is 1.26 bits per heavy atom. The monoisotopic (exact) mass is 337 g/mol. The normalized spacial score (nSPS) is 11.5. The molecule has 0 radical (unpaired) electrons. The molecule has 0 aliphatic carbocycles. The van der Waals surface area contributed by atoms with Crippen molar-refractivity contribution in [2.45, 2.75) is 0 Å². The summed E-state index contributed by atoms with van der Waals surface area (Å²) in [6, 6.07) is 8.81. The van der Waals surface area contributed by atoms with Crippen LogP contribution >= 0.6 is 0 Å². The molecule has 1 unspecified atom stereocenters. The Morgan fingerprint density at radius 2 is 2.00 bits per heavy atom. The Balaban J connectivity index is 2.38. The minimum Gasteiger partial charge on any atom is -0.755 e. The lowest BCUT2D eigenvalue weighted by molar-refractivity contribution is -0.384. The van der Waals surface area contributed by atoms with Crippen molar-refractivity contribution >= 4 is 28.6 Å². The van der Waals surface area contributed by atoms with Gasteiger partial charge in [0.25, 0.3) is 5.69 Å². The highest BCUT2D eigenvalue weighted by Gasteiger charge is 2.12. The fourth-order valence-electron chi connectivity index (χ4n) is 1.71. The van der Waals surface area contributed by atoms with E-state index in [0.29, 0.717) is 0 Å². The summed E-state index contributed by atoms with van der Waals surface area (Å²) in [5.41, 5.74) is -0.458. The first-order valence-corrected chi connectivity index (χ1v) is 7.10. The number of carbonyl (C=O) groups is 1. The lowest BCUT2D eigenvalue weighted by Gasteiger charge is -2.14. The van der Waals surface area contributed by atoms with Gasteiger partial charge in [-0.1, -0.05) is 6.07 Å². The molecule has 0 aliphatic heterocycles. The number of nitro benzene ring substituents is 1. The summed E-state index contributed by atoms with van der Waals surface area (Å²) in [4.78, 5) is 21.1. The molecule has 0 heterocycles. The number of nitro groups is 1. The second kappa shape index (κ2) is 6.85. The van der Waals surface area contributed by atoms with E-state index >= 15 is 0 Å². The van der Waals surface area contributed by atoms with Gasteiger partial charge >= 0.3 is 5.97 Å². The van der Waals surface area contributed by atoms with Gasteiger partial charge in [-0.05, 0) is 24.3 Å². The zero-order valence-corrected chi connectivity index (χ0v) is 12.1. The zero-order valence-electron chi connectivity index (χ0n) is 11.3. The first-order valence-electron chi connectivity index (χ1n) is 6.02. The van der Waals surface area contributed by atoms with Gasteiger partial charge < -0.3 is 19.1 Å². The van der Waals surface area contributed by atoms with Crippen LogP contribution < -0.4 is 9.46 Å². The van der Waals surface area contributed by atoms with E-state index in [1.54, 1.807) is 0 Å². The lowest BCUT2D eigenvalue weighted by Crippen LogP contribution is -2.06. The molecule has 0 spiro atoms. The SMILES string of the molecule is O=C(O)c1ccc(Oc2cccc([N+](=O)[O-])c2)c(NS(=O)[O-])c1. The maximum absolute atomic E-state index is 10.9. The molecule has 0 fully saturated rings. The van der Waals surface area contributed by atoms with Gasteiger partial charge in [0.2, 0.25) is 0 Å². The van der Waals surface area contributed by atoms with Gasteiger partial charge in [-0.15, -0.1) is 0 Å². The van der Waals surface area contributed by atoms with Crippen molar-refractivity contribution < 1.29 is 28.3 Å². The zero-order chi connectivity index (χ0) is 17.0. The number of ether oxygens (including phenoxy) is 1. The molecule has 10 heteroatoms. The van der Waals surface area contributed by atoms with Crippen LogP contribution in [0.5, 0.6) is 11.5 Å². The van der Waals surface area contributed by atoms with E-state index in [9.17, 15) is 23.7 Å². The first kappa shape index (κ1) is 16.4. The van der Waals surface area contributed by atoms with Gasteiger partial charge in [-0.3, -0.25) is 14.3 Å². The van der Waals surface area contributed by atoms with Crippen LogP contribution in [0.2, 0.25) is 0 Å². The molecule has 0 amide bonds.